The molecule has 0 saturated carbocycles. The number of nitrogens with one attached hydrogen (secondary N) is 1. The minimum atomic E-state index is -0.992. The average molecular weight is 339 g/mol. The zero-order chi connectivity index (χ0) is 17.8. The fourth-order valence-electron chi connectivity index (χ4n) is 2.23. The van der Waals surface area contributed by atoms with Gasteiger partial charge in [0.05, 0.1) is 12.7 Å². The third kappa shape index (κ3) is 3.63. The molecule has 0 spiro atoms. The first-order chi connectivity index (χ1) is 12.1. The van der Waals surface area contributed by atoms with E-state index in [2.05, 4.69) is 20.0 Å². The number of rotatable bonds is 4. The van der Waals surface area contributed by atoms with Gasteiger partial charge >= 0.3 is 12.1 Å². The van der Waals surface area contributed by atoms with Crippen LogP contribution in [0.15, 0.2) is 48.7 Å². The monoisotopic (exact) mass is 339 g/mol. The summed E-state index contributed by atoms with van der Waals surface area (Å²) in [6.07, 6.45) is 0.737. The maximum Gasteiger partial charge on any atom is 0.413 e. The van der Waals surface area contributed by atoms with E-state index in [0.717, 1.165) is 5.39 Å². The molecule has 0 aliphatic rings. The summed E-state index contributed by atoms with van der Waals surface area (Å²) in [7, 11) is 1.23. The molecule has 1 aromatic heterocycles. The average Bonchev–Trinajstić information content (AvgIpc) is 2.61. The Labute approximate surface area is 142 Å². The van der Waals surface area contributed by atoms with Crippen LogP contribution in [0, 0.1) is 0 Å². The molecule has 0 unspecified atom stereocenters. The molecule has 1 heterocycles. The molecule has 0 aliphatic carbocycles. The number of carboxylic acid groups (broad SMARTS) is 1. The smallest absolute Gasteiger partial charge is 0.413 e. The van der Waals surface area contributed by atoms with Gasteiger partial charge in [0.15, 0.2) is 0 Å². The summed E-state index contributed by atoms with van der Waals surface area (Å²) in [6.45, 7) is 0. The molecular weight excluding hydrogens is 326 g/mol. The van der Waals surface area contributed by atoms with E-state index in [-0.39, 0.29) is 17.4 Å². The second kappa shape index (κ2) is 6.83. The molecule has 126 valence electrons. The van der Waals surface area contributed by atoms with Gasteiger partial charge in [-0.2, -0.15) is 4.98 Å². The van der Waals surface area contributed by atoms with E-state index in [4.69, 9.17) is 4.74 Å². The van der Waals surface area contributed by atoms with Crippen LogP contribution in [0.1, 0.15) is 10.4 Å². The lowest BCUT2D eigenvalue weighted by Crippen LogP contribution is -2.13. The highest BCUT2D eigenvalue weighted by Gasteiger charge is 2.10. The molecule has 0 aliphatic heterocycles. The minimum Gasteiger partial charge on any atom is -0.478 e. The van der Waals surface area contributed by atoms with Crippen molar-refractivity contribution < 1.29 is 24.2 Å². The van der Waals surface area contributed by atoms with Crippen molar-refractivity contribution in [1.82, 2.24) is 9.97 Å². The van der Waals surface area contributed by atoms with E-state index in [9.17, 15) is 14.7 Å². The van der Waals surface area contributed by atoms with Crippen molar-refractivity contribution in [3.8, 4) is 11.6 Å². The first-order valence-electron chi connectivity index (χ1n) is 7.19. The Morgan fingerprint density at radius 1 is 1.16 bits per heavy atom. The third-order valence-electron chi connectivity index (χ3n) is 3.33. The first kappa shape index (κ1) is 16.2. The second-order valence-electron chi connectivity index (χ2n) is 4.93. The van der Waals surface area contributed by atoms with Crippen LogP contribution in [0.2, 0.25) is 0 Å². The Balaban J connectivity index is 1.87. The number of hydrogen-bond donors (Lipinski definition) is 2. The summed E-state index contributed by atoms with van der Waals surface area (Å²) in [5.41, 5.74) is 0.218. The maximum atomic E-state index is 11.2. The van der Waals surface area contributed by atoms with E-state index >= 15 is 0 Å². The molecule has 0 bridgehead atoms. The van der Waals surface area contributed by atoms with Crippen LogP contribution in [0.3, 0.4) is 0 Å². The summed E-state index contributed by atoms with van der Waals surface area (Å²) in [6, 6.07) is 11.5. The van der Waals surface area contributed by atoms with Gasteiger partial charge in [0.1, 0.15) is 5.75 Å². The fourth-order valence-corrected chi connectivity index (χ4v) is 2.23. The number of carbonyl (C=O) groups is 2. The highest BCUT2D eigenvalue weighted by molar-refractivity contribution is 6.03. The summed E-state index contributed by atoms with van der Waals surface area (Å²) >= 11 is 0. The molecular formula is C17H13N3O5. The number of carbonyl (C=O) groups excluding carboxylic acids is 1. The number of benzene rings is 2. The van der Waals surface area contributed by atoms with Crippen LogP contribution in [0.25, 0.3) is 10.8 Å². The molecule has 25 heavy (non-hydrogen) atoms. The van der Waals surface area contributed by atoms with Crippen LogP contribution in [0.4, 0.5) is 10.7 Å². The topological polar surface area (TPSA) is 111 Å². The summed E-state index contributed by atoms with van der Waals surface area (Å²) in [5.74, 6) is -0.264. The second-order valence-corrected chi connectivity index (χ2v) is 4.93. The lowest BCUT2D eigenvalue weighted by molar-refractivity contribution is 0.0699. The van der Waals surface area contributed by atoms with Crippen molar-refractivity contribution in [3.05, 3.63) is 54.2 Å². The number of hydrogen-bond acceptors (Lipinski definition) is 6. The number of anilines is 1. The van der Waals surface area contributed by atoms with Crippen molar-refractivity contribution in [2.75, 3.05) is 12.4 Å². The number of aromatic carboxylic acids is 1. The Kier molecular flexibility index (Phi) is 4.42. The maximum absolute atomic E-state index is 11.2. The van der Waals surface area contributed by atoms with Gasteiger partial charge in [-0.3, -0.25) is 5.32 Å². The molecule has 2 aromatic carbocycles. The molecule has 0 atom stereocenters. The summed E-state index contributed by atoms with van der Waals surface area (Å²) < 4.78 is 10.1. The SMILES string of the molecule is COC(=O)Nc1nccc(Oc2ccc3c(C(=O)O)cccc3c2)n1. The molecule has 3 aromatic rings. The van der Waals surface area contributed by atoms with Crippen LogP contribution in [-0.2, 0) is 4.74 Å². The van der Waals surface area contributed by atoms with E-state index < -0.39 is 12.1 Å². The van der Waals surface area contributed by atoms with Crippen molar-refractivity contribution in [2.24, 2.45) is 0 Å². The van der Waals surface area contributed by atoms with Gasteiger partial charge in [-0.1, -0.05) is 12.1 Å². The van der Waals surface area contributed by atoms with Crippen LogP contribution >= 0.6 is 0 Å². The molecule has 0 radical (unpaired) electrons. The van der Waals surface area contributed by atoms with Gasteiger partial charge < -0.3 is 14.6 Å². The Hall–Kier alpha value is -3.68. The lowest BCUT2D eigenvalue weighted by atomic mass is 10.0. The van der Waals surface area contributed by atoms with Gasteiger partial charge in [0, 0.05) is 12.3 Å². The number of aromatic nitrogens is 2. The number of methoxy groups -OCH3 is 1. The van der Waals surface area contributed by atoms with Gasteiger partial charge in [0.2, 0.25) is 11.8 Å². The fraction of sp³-hybridized carbons (Fsp3) is 0.0588. The summed E-state index contributed by atoms with van der Waals surface area (Å²) in [4.78, 5) is 30.4. The Bertz CT molecular complexity index is 958. The zero-order valence-corrected chi connectivity index (χ0v) is 13.1. The first-order valence-corrected chi connectivity index (χ1v) is 7.19. The van der Waals surface area contributed by atoms with E-state index in [1.165, 1.54) is 19.4 Å². The number of carboxylic acids is 1. The number of ether oxygens (including phenoxy) is 2. The minimum absolute atomic E-state index is 0.0401. The van der Waals surface area contributed by atoms with Crippen molar-refractivity contribution in [3.63, 3.8) is 0 Å². The number of amides is 1. The van der Waals surface area contributed by atoms with Gasteiger partial charge in [-0.15, -0.1) is 0 Å². The van der Waals surface area contributed by atoms with Gasteiger partial charge in [-0.05, 0) is 35.0 Å². The predicted octanol–water partition coefficient (Wildman–Crippen LogP) is 3.30. The summed E-state index contributed by atoms with van der Waals surface area (Å²) in [5, 5.41) is 12.9. The lowest BCUT2D eigenvalue weighted by Gasteiger charge is -2.08. The van der Waals surface area contributed by atoms with Crippen LogP contribution in [0.5, 0.6) is 11.6 Å². The zero-order valence-electron chi connectivity index (χ0n) is 13.1. The Morgan fingerprint density at radius 2 is 2.00 bits per heavy atom. The molecule has 8 heteroatoms. The molecule has 2 N–H and O–H groups in total. The van der Waals surface area contributed by atoms with Crippen molar-refractivity contribution in [1.29, 1.82) is 0 Å². The molecule has 0 saturated heterocycles. The largest absolute Gasteiger partial charge is 0.478 e. The predicted molar refractivity (Wildman–Crippen MR) is 89.0 cm³/mol. The van der Waals surface area contributed by atoms with Gasteiger partial charge in [-0.25, -0.2) is 14.6 Å². The van der Waals surface area contributed by atoms with E-state index in [0.29, 0.717) is 11.1 Å². The number of fused-ring (bicyclic) bond motifs is 1. The molecule has 8 nitrogen and oxygen atoms in total. The molecule has 1 amide bonds. The highest BCUT2D eigenvalue weighted by Crippen LogP contribution is 2.27. The number of nitrogens with zero attached hydrogens (tertiary/aromatic N) is 2. The Morgan fingerprint density at radius 3 is 2.76 bits per heavy atom. The normalized spacial score (nSPS) is 10.3. The van der Waals surface area contributed by atoms with Crippen LogP contribution in [-0.4, -0.2) is 34.2 Å². The molecule has 3 rings (SSSR count). The van der Waals surface area contributed by atoms with Crippen LogP contribution < -0.4 is 10.1 Å². The van der Waals surface area contributed by atoms with E-state index in [1.54, 1.807) is 36.4 Å². The van der Waals surface area contributed by atoms with Gasteiger partial charge in [0.25, 0.3) is 0 Å². The standard InChI is InChI=1S/C17H13N3O5/c1-24-17(23)20-16-18-8-7-14(19-16)25-11-5-6-12-10(9-11)3-2-4-13(12)15(21)22/h2-9H,1H3,(H,21,22)(H,18,19,20,23). The van der Waals surface area contributed by atoms with E-state index in [1.807, 2.05) is 0 Å². The van der Waals surface area contributed by atoms with Crippen molar-refractivity contribution in [2.45, 2.75) is 0 Å². The quantitative estimate of drug-likeness (QED) is 0.750. The van der Waals surface area contributed by atoms with Crippen molar-refractivity contribution >= 4 is 28.8 Å². The third-order valence-corrected chi connectivity index (χ3v) is 3.33. The highest BCUT2D eigenvalue weighted by atomic mass is 16.5. The molecule has 0 fully saturated rings.